The predicted octanol–water partition coefficient (Wildman–Crippen LogP) is 5.11. The normalized spacial score (nSPS) is 14.4. The maximum Gasteiger partial charge on any atom is 0.421 e. The second kappa shape index (κ2) is 9.93. The fourth-order valence-electron chi connectivity index (χ4n) is 4.40. The standard InChI is InChI=1S/C27H23Cl2N3O4/c1-17(33)18-2-6-21(7-3-18)31-12-10-30(11-13-31)16-32-24-9-5-20(15-25(24)36-27(32)35)26(34)19-4-8-22(28)23(29)14-19/h2-9,14-15H,10-13,16H2,1H3. The summed E-state index contributed by atoms with van der Waals surface area (Å²) in [6, 6.07) is 17.3. The van der Waals surface area contributed by atoms with Crippen LogP contribution in [-0.4, -0.2) is 47.2 Å². The lowest BCUT2D eigenvalue weighted by Crippen LogP contribution is -2.47. The number of benzene rings is 3. The van der Waals surface area contributed by atoms with Gasteiger partial charge in [-0.15, -0.1) is 0 Å². The van der Waals surface area contributed by atoms with Gasteiger partial charge in [0, 0.05) is 48.6 Å². The van der Waals surface area contributed by atoms with Gasteiger partial charge in [0.2, 0.25) is 0 Å². The molecule has 3 aromatic carbocycles. The van der Waals surface area contributed by atoms with Crippen molar-refractivity contribution in [3.05, 3.63) is 97.9 Å². The summed E-state index contributed by atoms with van der Waals surface area (Å²) in [6.07, 6.45) is 0. The summed E-state index contributed by atoms with van der Waals surface area (Å²) in [6.45, 7) is 5.08. The number of aromatic nitrogens is 1. The zero-order valence-corrected chi connectivity index (χ0v) is 21.1. The zero-order chi connectivity index (χ0) is 25.4. The number of oxazole rings is 1. The number of Topliss-reactive ketones (excluding diaryl/α,β-unsaturated/α-hetero) is 1. The molecule has 4 aromatic rings. The van der Waals surface area contributed by atoms with Gasteiger partial charge in [0.1, 0.15) is 0 Å². The van der Waals surface area contributed by atoms with Crippen molar-refractivity contribution in [3.8, 4) is 0 Å². The average Bonchev–Trinajstić information content (AvgIpc) is 3.19. The molecule has 1 fully saturated rings. The summed E-state index contributed by atoms with van der Waals surface area (Å²) >= 11 is 12.0. The highest BCUT2D eigenvalue weighted by Gasteiger charge is 2.21. The molecule has 0 radical (unpaired) electrons. The number of nitrogens with zero attached hydrogens (tertiary/aromatic N) is 3. The molecule has 0 N–H and O–H groups in total. The Morgan fingerprint density at radius 2 is 1.47 bits per heavy atom. The summed E-state index contributed by atoms with van der Waals surface area (Å²) in [4.78, 5) is 41.5. The number of piperazine rings is 1. The monoisotopic (exact) mass is 523 g/mol. The first-order chi connectivity index (χ1) is 17.3. The van der Waals surface area contributed by atoms with Crippen LogP contribution in [0.1, 0.15) is 33.2 Å². The molecule has 0 spiro atoms. The van der Waals surface area contributed by atoms with Crippen molar-refractivity contribution in [1.29, 1.82) is 0 Å². The van der Waals surface area contributed by atoms with E-state index in [1.807, 2.05) is 24.3 Å². The summed E-state index contributed by atoms with van der Waals surface area (Å²) in [5.41, 5.74) is 3.56. The van der Waals surface area contributed by atoms with Gasteiger partial charge in [-0.05, 0) is 67.6 Å². The number of halogens is 2. The molecule has 0 unspecified atom stereocenters. The molecule has 0 amide bonds. The van der Waals surface area contributed by atoms with Crippen molar-refractivity contribution in [1.82, 2.24) is 9.47 Å². The van der Waals surface area contributed by atoms with Gasteiger partial charge in [0.05, 0.1) is 22.2 Å². The molecule has 0 saturated carbocycles. The lowest BCUT2D eigenvalue weighted by molar-refractivity contribution is 0.101. The predicted molar refractivity (Wildman–Crippen MR) is 141 cm³/mol. The maximum atomic E-state index is 12.9. The Bertz CT molecular complexity index is 1520. The Hall–Kier alpha value is -3.39. The van der Waals surface area contributed by atoms with Crippen LogP contribution < -0.4 is 10.7 Å². The zero-order valence-electron chi connectivity index (χ0n) is 19.5. The van der Waals surface area contributed by atoms with Crippen LogP contribution in [0.3, 0.4) is 0 Å². The van der Waals surface area contributed by atoms with Crippen molar-refractivity contribution in [3.63, 3.8) is 0 Å². The minimum absolute atomic E-state index is 0.0509. The van der Waals surface area contributed by atoms with E-state index in [2.05, 4.69) is 9.80 Å². The molecule has 1 aliphatic heterocycles. The highest BCUT2D eigenvalue weighted by Crippen LogP contribution is 2.25. The molecule has 1 aliphatic rings. The molecule has 9 heteroatoms. The Kier molecular flexibility index (Phi) is 6.71. The van der Waals surface area contributed by atoms with Crippen LogP contribution in [0.5, 0.6) is 0 Å². The molecule has 0 aliphatic carbocycles. The third-order valence-electron chi connectivity index (χ3n) is 6.46. The quantitative estimate of drug-likeness (QED) is 0.326. The molecule has 0 bridgehead atoms. The Balaban J connectivity index is 1.29. The summed E-state index contributed by atoms with van der Waals surface area (Å²) in [5, 5.41) is 0.674. The van der Waals surface area contributed by atoms with Crippen molar-refractivity contribution < 1.29 is 14.0 Å². The number of rotatable bonds is 6. The Morgan fingerprint density at radius 3 is 2.14 bits per heavy atom. The first kappa shape index (κ1) is 24.3. The van der Waals surface area contributed by atoms with E-state index in [4.69, 9.17) is 27.6 Å². The van der Waals surface area contributed by atoms with E-state index in [-0.39, 0.29) is 11.6 Å². The molecule has 184 valence electrons. The minimum Gasteiger partial charge on any atom is -0.408 e. The van der Waals surface area contributed by atoms with Gasteiger partial charge < -0.3 is 9.32 Å². The number of fused-ring (bicyclic) bond motifs is 1. The molecule has 1 aromatic heterocycles. The van der Waals surface area contributed by atoms with Gasteiger partial charge in [-0.1, -0.05) is 23.2 Å². The van der Waals surface area contributed by atoms with Crippen LogP contribution in [0, 0.1) is 0 Å². The van der Waals surface area contributed by atoms with E-state index in [1.165, 1.54) is 6.07 Å². The van der Waals surface area contributed by atoms with E-state index in [1.54, 1.807) is 41.8 Å². The fraction of sp³-hybridized carbons (Fsp3) is 0.222. The molecule has 0 atom stereocenters. The van der Waals surface area contributed by atoms with E-state index < -0.39 is 5.76 Å². The molecule has 7 nitrogen and oxygen atoms in total. The maximum absolute atomic E-state index is 12.9. The van der Waals surface area contributed by atoms with Crippen molar-refractivity contribution in [2.75, 3.05) is 31.1 Å². The molecule has 36 heavy (non-hydrogen) atoms. The molecule has 5 rings (SSSR count). The van der Waals surface area contributed by atoms with Gasteiger partial charge >= 0.3 is 5.76 Å². The van der Waals surface area contributed by atoms with E-state index in [0.717, 1.165) is 31.9 Å². The highest BCUT2D eigenvalue weighted by atomic mass is 35.5. The third kappa shape index (κ3) is 4.82. The van der Waals surface area contributed by atoms with Crippen LogP contribution >= 0.6 is 23.2 Å². The smallest absolute Gasteiger partial charge is 0.408 e. The lowest BCUT2D eigenvalue weighted by Gasteiger charge is -2.36. The molecular formula is C27H23Cl2N3O4. The van der Waals surface area contributed by atoms with Crippen LogP contribution in [0.15, 0.2) is 69.9 Å². The number of ketones is 2. The first-order valence-corrected chi connectivity index (χ1v) is 12.3. The first-order valence-electron chi connectivity index (χ1n) is 11.5. The van der Waals surface area contributed by atoms with Gasteiger partial charge in [-0.25, -0.2) is 4.79 Å². The molecule has 1 saturated heterocycles. The lowest BCUT2D eigenvalue weighted by atomic mass is 10.0. The van der Waals surface area contributed by atoms with Crippen molar-refractivity contribution in [2.45, 2.75) is 13.6 Å². The van der Waals surface area contributed by atoms with Gasteiger partial charge in [0.15, 0.2) is 17.1 Å². The van der Waals surface area contributed by atoms with Gasteiger partial charge in [-0.3, -0.25) is 19.1 Å². The van der Waals surface area contributed by atoms with Crippen LogP contribution in [-0.2, 0) is 6.67 Å². The topological polar surface area (TPSA) is 75.8 Å². The van der Waals surface area contributed by atoms with Crippen molar-refractivity contribution >= 4 is 51.6 Å². The third-order valence-corrected chi connectivity index (χ3v) is 7.20. The Labute approximate surface area is 217 Å². The number of carbonyl (C=O) groups excluding carboxylic acids is 2. The SMILES string of the molecule is CC(=O)c1ccc(N2CCN(Cn3c(=O)oc4cc(C(=O)c5ccc(Cl)c(Cl)c5)ccc43)CC2)cc1. The summed E-state index contributed by atoms with van der Waals surface area (Å²) in [5.74, 6) is -0.653. The van der Waals surface area contributed by atoms with Crippen LogP contribution in [0.25, 0.3) is 11.1 Å². The van der Waals surface area contributed by atoms with Gasteiger partial charge in [-0.2, -0.15) is 0 Å². The number of anilines is 1. The second-order valence-corrected chi connectivity index (χ2v) is 9.60. The number of carbonyl (C=O) groups is 2. The number of hydrogen-bond acceptors (Lipinski definition) is 6. The highest BCUT2D eigenvalue weighted by molar-refractivity contribution is 6.42. The summed E-state index contributed by atoms with van der Waals surface area (Å²) < 4.78 is 7.06. The van der Waals surface area contributed by atoms with E-state index in [9.17, 15) is 14.4 Å². The van der Waals surface area contributed by atoms with Gasteiger partial charge in [0.25, 0.3) is 0 Å². The second-order valence-electron chi connectivity index (χ2n) is 8.79. The largest absolute Gasteiger partial charge is 0.421 e. The summed E-state index contributed by atoms with van der Waals surface area (Å²) in [7, 11) is 0. The van der Waals surface area contributed by atoms with Crippen LogP contribution in [0.4, 0.5) is 5.69 Å². The number of hydrogen-bond donors (Lipinski definition) is 0. The van der Waals surface area contributed by atoms with Crippen LogP contribution in [0.2, 0.25) is 10.0 Å². The average molecular weight is 524 g/mol. The van der Waals surface area contributed by atoms with Crippen molar-refractivity contribution in [2.24, 2.45) is 0 Å². The minimum atomic E-state index is -0.466. The fourth-order valence-corrected chi connectivity index (χ4v) is 4.70. The molecular weight excluding hydrogens is 501 g/mol. The van der Waals surface area contributed by atoms with E-state index in [0.29, 0.717) is 44.5 Å². The Morgan fingerprint density at radius 1 is 0.833 bits per heavy atom. The van der Waals surface area contributed by atoms with E-state index >= 15 is 0 Å². The molecule has 2 heterocycles.